The van der Waals surface area contributed by atoms with Gasteiger partial charge in [0.1, 0.15) is 11.5 Å². The maximum atomic E-state index is 11.6. The van der Waals surface area contributed by atoms with Crippen LogP contribution < -0.4 is 4.74 Å². The Hall–Kier alpha value is -1.31. The quantitative estimate of drug-likeness (QED) is 0.735. The maximum absolute atomic E-state index is 11.6. The molecule has 2 nitrogen and oxygen atoms in total. The predicted octanol–water partition coefficient (Wildman–Crippen LogP) is 3.24. The highest BCUT2D eigenvalue weighted by molar-refractivity contribution is 5.82. The first-order valence-corrected chi connectivity index (χ1v) is 5.88. The predicted molar refractivity (Wildman–Crippen MR) is 65.8 cm³/mol. The molecule has 0 heterocycles. The van der Waals surface area contributed by atoms with Crippen LogP contribution in [0.1, 0.15) is 32.8 Å². The van der Waals surface area contributed by atoms with E-state index in [1.807, 2.05) is 38.1 Å². The molecule has 0 bridgehead atoms. The molecule has 0 aliphatic heterocycles. The minimum atomic E-state index is 0.0974. The summed E-state index contributed by atoms with van der Waals surface area (Å²) in [6, 6.07) is 7.79. The topological polar surface area (TPSA) is 26.3 Å². The van der Waals surface area contributed by atoms with Crippen molar-refractivity contribution >= 4 is 5.78 Å². The molecule has 0 amide bonds. The van der Waals surface area contributed by atoms with Crippen LogP contribution in [0.5, 0.6) is 5.75 Å². The SMILES string of the molecule is CCCOc1cccc(CC(=O)C(C)C)c1. The Morgan fingerprint density at radius 3 is 2.75 bits per heavy atom. The third-order valence-electron chi connectivity index (χ3n) is 2.39. The fourth-order valence-corrected chi connectivity index (χ4v) is 1.37. The zero-order valence-electron chi connectivity index (χ0n) is 10.3. The van der Waals surface area contributed by atoms with E-state index in [1.165, 1.54) is 0 Å². The van der Waals surface area contributed by atoms with Crippen LogP contribution in [0, 0.1) is 5.92 Å². The van der Waals surface area contributed by atoms with Crippen molar-refractivity contribution in [2.75, 3.05) is 6.61 Å². The summed E-state index contributed by atoms with van der Waals surface area (Å²) in [5.74, 6) is 1.23. The van der Waals surface area contributed by atoms with E-state index in [9.17, 15) is 4.79 Å². The van der Waals surface area contributed by atoms with Crippen molar-refractivity contribution in [3.63, 3.8) is 0 Å². The number of rotatable bonds is 6. The summed E-state index contributed by atoms with van der Waals surface area (Å²) in [4.78, 5) is 11.6. The highest BCUT2D eigenvalue weighted by Crippen LogP contribution is 2.15. The summed E-state index contributed by atoms with van der Waals surface area (Å²) in [6.45, 7) is 6.66. The van der Waals surface area contributed by atoms with Gasteiger partial charge in [0.25, 0.3) is 0 Å². The highest BCUT2D eigenvalue weighted by Gasteiger charge is 2.08. The van der Waals surface area contributed by atoms with Crippen molar-refractivity contribution in [3.05, 3.63) is 29.8 Å². The molecule has 0 spiro atoms. The average Bonchev–Trinajstić information content (AvgIpc) is 2.26. The van der Waals surface area contributed by atoms with Gasteiger partial charge in [-0.3, -0.25) is 4.79 Å². The Morgan fingerprint density at radius 1 is 1.38 bits per heavy atom. The van der Waals surface area contributed by atoms with Crippen molar-refractivity contribution in [2.45, 2.75) is 33.6 Å². The number of ether oxygens (including phenoxy) is 1. The van der Waals surface area contributed by atoms with Crippen LogP contribution in [0.3, 0.4) is 0 Å². The molecule has 1 rings (SSSR count). The first-order chi connectivity index (χ1) is 7.63. The van der Waals surface area contributed by atoms with Gasteiger partial charge in [0.05, 0.1) is 6.61 Å². The summed E-state index contributed by atoms with van der Waals surface area (Å²) in [6.07, 6.45) is 1.50. The monoisotopic (exact) mass is 220 g/mol. The van der Waals surface area contributed by atoms with Gasteiger partial charge >= 0.3 is 0 Å². The van der Waals surface area contributed by atoms with Gasteiger partial charge in [0.15, 0.2) is 0 Å². The van der Waals surface area contributed by atoms with Crippen molar-refractivity contribution < 1.29 is 9.53 Å². The minimum Gasteiger partial charge on any atom is -0.494 e. The van der Waals surface area contributed by atoms with E-state index in [0.717, 1.165) is 24.3 Å². The number of hydrogen-bond acceptors (Lipinski definition) is 2. The standard InChI is InChI=1S/C14H20O2/c1-4-8-16-13-7-5-6-12(9-13)10-14(15)11(2)3/h5-7,9,11H,4,8,10H2,1-3H3. The summed E-state index contributed by atoms with van der Waals surface area (Å²) in [7, 11) is 0. The van der Waals surface area contributed by atoms with Crippen molar-refractivity contribution in [1.29, 1.82) is 0 Å². The van der Waals surface area contributed by atoms with Gasteiger partial charge in [-0.15, -0.1) is 0 Å². The molecule has 0 atom stereocenters. The van der Waals surface area contributed by atoms with Crippen molar-refractivity contribution in [1.82, 2.24) is 0 Å². The number of hydrogen-bond donors (Lipinski definition) is 0. The Bertz CT molecular complexity index is 342. The molecule has 0 unspecified atom stereocenters. The lowest BCUT2D eigenvalue weighted by molar-refractivity contribution is -0.121. The second kappa shape index (κ2) is 6.31. The molecule has 0 N–H and O–H groups in total. The zero-order chi connectivity index (χ0) is 12.0. The van der Waals surface area contributed by atoms with Gasteiger partial charge in [0.2, 0.25) is 0 Å². The molecule has 1 aromatic rings. The molecular formula is C14H20O2. The van der Waals surface area contributed by atoms with Crippen molar-refractivity contribution in [2.24, 2.45) is 5.92 Å². The fraction of sp³-hybridized carbons (Fsp3) is 0.500. The summed E-state index contributed by atoms with van der Waals surface area (Å²) in [5, 5.41) is 0. The smallest absolute Gasteiger partial charge is 0.139 e. The highest BCUT2D eigenvalue weighted by atomic mass is 16.5. The third kappa shape index (κ3) is 4.05. The van der Waals surface area contributed by atoms with Gasteiger partial charge < -0.3 is 4.74 Å². The molecule has 0 saturated heterocycles. The molecule has 2 heteroatoms. The molecule has 16 heavy (non-hydrogen) atoms. The molecule has 0 saturated carbocycles. The van der Waals surface area contributed by atoms with Crippen molar-refractivity contribution in [3.8, 4) is 5.75 Å². The number of carbonyl (C=O) groups excluding carboxylic acids is 1. The van der Waals surface area contributed by atoms with E-state index >= 15 is 0 Å². The van der Waals surface area contributed by atoms with Gasteiger partial charge in [-0.05, 0) is 24.1 Å². The molecule has 0 aliphatic rings. The molecule has 0 fully saturated rings. The number of benzene rings is 1. The second-order valence-corrected chi connectivity index (χ2v) is 4.29. The van der Waals surface area contributed by atoms with Crippen LogP contribution >= 0.6 is 0 Å². The maximum Gasteiger partial charge on any atom is 0.139 e. The molecule has 0 aromatic heterocycles. The normalized spacial score (nSPS) is 10.5. The van der Waals surface area contributed by atoms with Gasteiger partial charge in [-0.25, -0.2) is 0 Å². The molecule has 0 aliphatic carbocycles. The van der Waals surface area contributed by atoms with E-state index in [1.54, 1.807) is 0 Å². The van der Waals surface area contributed by atoms with Crippen LogP contribution in [-0.2, 0) is 11.2 Å². The fourth-order valence-electron chi connectivity index (χ4n) is 1.37. The second-order valence-electron chi connectivity index (χ2n) is 4.29. The van der Waals surface area contributed by atoms with Crippen LogP contribution in [-0.4, -0.2) is 12.4 Å². The minimum absolute atomic E-state index is 0.0974. The van der Waals surface area contributed by atoms with Crippen LogP contribution in [0.2, 0.25) is 0 Å². The lowest BCUT2D eigenvalue weighted by Crippen LogP contribution is -2.10. The van der Waals surface area contributed by atoms with E-state index in [4.69, 9.17) is 4.74 Å². The number of Topliss-reactive ketones (excluding diaryl/α,β-unsaturated/α-hetero) is 1. The molecule has 1 aromatic carbocycles. The molecule has 0 radical (unpaired) electrons. The summed E-state index contributed by atoms with van der Waals surface area (Å²) < 4.78 is 5.53. The van der Waals surface area contributed by atoms with E-state index in [-0.39, 0.29) is 11.7 Å². The van der Waals surface area contributed by atoms with Crippen LogP contribution in [0.15, 0.2) is 24.3 Å². The average molecular weight is 220 g/mol. The molecular weight excluding hydrogens is 200 g/mol. The lowest BCUT2D eigenvalue weighted by Gasteiger charge is -2.07. The van der Waals surface area contributed by atoms with Crippen LogP contribution in [0.25, 0.3) is 0 Å². The van der Waals surface area contributed by atoms with Gasteiger partial charge in [0, 0.05) is 12.3 Å². The summed E-state index contributed by atoms with van der Waals surface area (Å²) in [5.41, 5.74) is 1.03. The third-order valence-corrected chi connectivity index (χ3v) is 2.39. The first kappa shape index (κ1) is 12.8. The van der Waals surface area contributed by atoms with E-state index in [0.29, 0.717) is 6.42 Å². The largest absolute Gasteiger partial charge is 0.494 e. The van der Waals surface area contributed by atoms with Gasteiger partial charge in [-0.2, -0.15) is 0 Å². The Kier molecular flexibility index (Phi) is 5.03. The van der Waals surface area contributed by atoms with Gasteiger partial charge in [-0.1, -0.05) is 32.9 Å². The van der Waals surface area contributed by atoms with Crippen LogP contribution in [0.4, 0.5) is 0 Å². The zero-order valence-corrected chi connectivity index (χ0v) is 10.3. The van der Waals surface area contributed by atoms with E-state index in [2.05, 4.69) is 6.92 Å². The Morgan fingerprint density at radius 2 is 2.12 bits per heavy atom. The first-order valence-electron chi connectivity index (χ1n) is 5.88. The Balaban J connectivity index is 2.63. The number of carbonyl (C=O) groups is 1. The molecule has 88 valence electrons. The lowest BCUT2D eigenvalue weighted by atomic mass is 10.0. The number of ketones is 1. The summed E-state index contributed by atoms with van der Waals surface area (Å²) >= 11 is 0. The van der Waals surface area contributed by atoms with E-state index < -0.39 is 0 Å². The Labute approximate surface area is 97.6 Å².